The number of esters is 2. The van der Waals surface area contributed by atoms with E-state index in [0.29, 0.717) is 13.1 Å². The molecule has 2 aliphatic rings. The lowest BCUT2D eigenvalue weighted by atomic mass is 9.87. The van der Waals surface area contributed by atoms with E-state index in [1.54, 1.807) is 0 Å². The predicted molar refractivity (Wildman–Crippen MR) is 189 cm³/mol. The Labute approximate surface area is 285 Å². The number of nitrogens with zero attached hydrogens (tertiary/aromatic N) is 2. The zero-order valence-electron chi connectivity index (χ0n) is 28.3. The van der Waals surface area contributed by atoms with Crippen molar-refractivity contribution in [3.8, 4) is 0 Å². The second kappa shape index (κ2) is 15.1. The molecule has 6 nitrogen and oxygen atoms in total. The summed E-state index contributed by atoms with van der Waals surface area (Å²) in [6.45, 7) is 3.90. The normalized spacial score (nSPS) is 23.2. The van der Waals surface area contributed by atoms with Crippen LogP contribution in [0.1, 0.15) is 45.5 Å². The molecule has 4 atom stereocenters. The number of hydrogen-bond donors (Lipinski definition) is 0. The van der Waals surface area contributed by atoms with Crippen molar-refractivity contribution in [2.24, 2.45) is 0 Å². The first kappa shape index (κ1) is 33.4. The van der Waals surface area contributed by atoms with E-state index in [4.69, 9.17) is 9.47 Å². The molecule has 0 fully saturated rings. The van der Waals surface area contributed by atoms with Crippen LogP contribution >= 0.6 is 0 Å². The summed E-state index contributed by atoms with van der Waals surface area (Å²) in [5.41, 5.74) is 8.16. The lowest BCUT2D eigenvalue weighted by molar-refractivity contribution is -0.941. The van der Waals surface area contributed by atoms with Crippen LogP contribution in [0.5, 0.6) is 0 Å². The lowest BCUT2D eigenvalue weighted by Gasteiger charge is -2.45. The quantitative estimate of drug-likeness (QED) is 0.0991. The molecular formula is C42H48N2O4+2. The fourth-order valence-electron chi connectivity index (χ4n) is 7.72. The van der Waals surface area contributed by atoms with Gasteiger partial charge >= 0.3 is 11.9 Å². The van der Waals surface area contributed by atoms with E-state index >= 15 is 0 Å². The van der Waals surface area contributed by atoms with Gasteiger partial charge in [-0.05, 0) is 22.3 Å². The summed E-state index contributed by atoms with van der Waals surface area (Å²) in [6.07, 6.45) is 6.22. The summed E-state index contributed by atoms with van der Waals surface area (Å²) in [7, 11) is 4.53. The minimum Gasteiger partial charge on any atom is -0.457 e. The van der Waals surface area contributed by atoms with E-state index < -0.39 is 11.9 Å². The number of quaternary nitrogens is 2. The van der Waals surface area contributed by atoms with Crippen LogP contribution in [0.3, 0.4) is 0 Å². The highest BCUT2D eigenvalue weighted by Gasteiger charge is 2.40. The SMILES string of the molecule is C[N@@+]1(CCOC(=O)C=CC(=O)OCC[N@+]2(C)CCc3ccccc3[C@H]2Cc2ccccc2)CCc2ccccc2[C@H]1Cc1ccccc1. The third-order valence-electron chi connectivity index (χ3n) is 10.7. The van der Waals surface area contributed by atoms with Gasteiger partial charge in [-0.1, -0.05) is 109 Å². The van der Waals surface area contributed by atoms with E-state index in [9.17, 15) is 9.59 Å². The van der Waals surface area contributed by atoms with Crippen molar-refractivity contribution in [2.45, 2.75) is 37.8 Å². The Bertz CT molecular complexity index is 1600. The first-order valence-electron chi connectivity index (χ1n) is 17.3. The summed E-state index contributed by atoms with van der Waals surface area (Å²) in [6, 6.07) is 39.1. The van der Waals surface area contributed by atoms with Crippen molar-refractivity contribution in [3.63, 3.8) is 0 Å². The molecule has 2 aliphatic heterocycles. The van der Waals surface area contributed by atoms with Crippen molar-refractivity contribution in [1.82, 2.24) is 0 Å². The van der Waals surface area contributed by atoms with Gasteiger partial charge in [0.15, 0.2) is 0 Å². The minimum atomic E-state index is -0.523. The highest BCUT2D eigenvalue weighted by molar-refractivity contribution is 5.91. The van der Waals surface area contributed by atoms with Crippen molar-refractivity contribution in [2.75, 3.05) is 53.5 Å². The second-order valence-corrected chi connectivity index (χ2v) is 13.8. The van der Waals surface area contributed by atoms with Gasteiger partial charge in [0.2, 0.25) is 0 Å². The van der Waals surface area contributed by atoms with Gasteiger partial charge in [-0.2, -0.15) is 0 Å². The van der Waals surface area contributed by atoms with E-state index in [2.05, 4.69) is 111 Å². The minimum absolute atomic E-state index is 0.270. The summed E-state index contributed by atoms with van der Waals surface area (Å²) in [4.78, 5) is 25.3. The van der Waals surface area contributed by atoms with Crippen LogP contribution in [0.2, 0.25) is 0 Å². The smallest absolute Gasteiger partial charge is 0.331 e. The Morgan fingerprint density at radius 1 is 0.583 bits per heavy atom. The molecule has 0 N–H and O–H groups in total. The Morgan fingerprint density at radius 3 is 1.38 bits per heavy atom. The molecule has 0 saturated carbocycles. The molecule has 0 bridgehead atoms. The topological polar surface area (TPSA) is 52.6 Å². The molecular weight excluding hydrogens is 596 g/mol. The Balaban J connectivity index is 1.01. The standard InChI is InChI=1S/C42H48N2O4/c1-43(25-23-35-17-9-11-19-37(35)39(43)31-33-13-5-3-6-14-33)27-29-47-41(45)21-22-42(46)48-30-28-44(2)26-24-36-18-10-12-20-38(36)40(44)32-34-15-7-4-8-16-34/h3-22,39-40H,23-32H2,1-2H3/q+2/t39-,40-,43+,44+/m1/s1. The van der Waals surface area contributed by atoms with Crippen molar-refractivity contribution in [1.29, 1.82) is 0 Å². The van der Waals surface area contributed by atoms with Gasteiger partial charge in [-0.25, -0.2) is 9.59 Å². The number of benzene rings is 4. The Morgan fingerprint density at radius 2 is 0.958 bits per heavy atom. The van der Waals surface area contributed by atoms with E-state index in [-0.39, 0.29) is 25.3 Å². The fourth-order valence-corrected chi connectivity index (χ4v) is 7.72. The third-order valence-corrected chi connectivity index (χ3v) is 10.7. The highest BCUT2D eigenvalue weighted by Crippen LogP contribution is 2.38. The predicted octanol–water partition coefficient (Wildman–Crippen LogP) is 6.60. The average molecular weight is 645 g/mol. The Hall–Kier alpha value is -4.52. The lowest BCUT2D eigenvalue weighted by Crippen LogP contribution is -2.53. The third kappa shape index (κ3) is 7.95. The first-order valence-corrected chi connectivity index (χ1v) is 17.3. The van der Waals surface area contributed by atoms with Crippen molar-refractivity contribution >= 4 is 11.9 Å². The molecule has 248 valence electrons. The van der Waals surface area contributed by atoms with Crippen molar-refractivity contribution < 1.29 is 28.0 Å². The van der Waals surface area contributed by atoms with Gasteiger partial charge in [0.05, 0.1) is 27.2 Å². The molecule has 0 radical (unpaired) electrons. The summed E-state index contributed by atoms with van der Waals surface area (Å²) in [5, 5.41) is 0. The number of likely N-dealkylation sites (N-methyl/N-ethyl adjacent to an activating group) is 2. The van der Waals surface area contributed by atoms with E-state index in [1.165, 1.54) is 45.5 Å². The molecule has 0 aliphatic carbocycles. The molecule has 6 rings (SSSR count). The summed E-state index contributed by atoms with van der Waals surface area (Å²) >= 11 is 0. The maximum atomic E-state index is 12.6. The number of hydrogen-bond acceptors (Lipinski definition) is 4. The van der Waals surface area contributed by atoms with Crippen LogP contribution in [-0.2, 0) is 44.7 Å². The van der Waals surface area contributed by atoms with Gasteiger partial charge in [-0.15, -0.1) is 0 Å². The number of rotatable bonds is 12. The second-order valence-electron chi connectivity index (χ2n) is 13.8. The first-order chi connectivity index (χ1) is 23.3. The van der Waals surface area contributed by atoms with Crippen LogP contribution < -0.4 is 0 Å². The van der Waals surface area contributed by atoms with Gasteiger partial charge in [-0.3, -0.25) is 0 Å². The number of fused-ring (bicyclic) bond motifs is 2. The average Bonchev–Trinajstić information content (AvgIpc) is 3.11. The van der Waals surface area contributed by atoms with E-state index in [0.717, 1.165) is 47.7 Å². The molecule has 0 saturated heterocycles. The number of ether oxygens (including phenoxy) is 2. The summed E-state index contributed by atoms with van der Waals surface area (Å²) in [5.74, 6) is -1.05. The molecule has 6 heteroatoms. The largest absolute Gasteiger partial charge is 0.457 e. The zero-order chi connectivity index (χ0) is 33.4. The maximum Gasteiger partial charge on any atom is 0.331 e. The summed E-state index contributed by atoms with van der Waals surface area (Å²) < 4.78 is 12.8. The van der Waals surface area contributed by atoms with Gasteiger partial charge in [0.25, 0.3) is 0 Å². The van der Waals surface area contributed by atoms with Gasteiger partial charge < -0.3 is 18.4 Å². The van der Waals surface area contributed by atoms with Crippen LogP contribution in [0.25, 0.3) is 0 Å². The maximum absolute atomic E-state index is 12.6. The Kier molecular flexibility index (Phi) is 10.5. The van der Waals surface area contributed by atoms with Crippen LogP contribution in [0.15, 0.2) is 121 Å². The van der Waals surface area contributed by atoms with Crippen molar-refractivity contribution in [3.05, 3.63) is 155 Å². The van der Waals surface area contributed by atoms with E-state index in [1.807, 2.05) is 12.1 Å². The molecule has 0 unspecified atom stereocenters. The van der Waals surface area contributed by atoms with Gasteiger partial charge in [0.1, 0.15) is 38.4 Å². The highest BCUT2D eigenvalue weighted by atomic mass is 16.5. The molecule has 4 aromatic carbocycles. The zero-order valence-corrected chi connectivity index (χ0v) is 28.3. The van der Waals surface area contributed by atoms with Crippen LogP contribution in [0.4, 0.5) is 0 Å². The monoisotopic (exact) mass is 644 g/mol. The molecule has 0 spiro atoms. The molecule has 0 aromatic heterocycles. The van der Waals surface area contributed by atoms with Gasteiger partial charge in [0, 0.05) is 49.0 Å². The molecule has 0 amide bonds. The van der Waals surface area contributed by atoms with Crippen LogP contribution in [0, 0.1) is 0 Å². The number of carbonyl (C=O) groups is 2. The molecule has 48 heavy (non-hydrogen) atoms. The molecule has 4 aromatic rings. The fraction of sp³-hybridized carbons (Fsp3) is 0.333. The van der Waals surface area contributed by atoms with Crippen LogP contribution in [-0.4, -0.2) is 74.4 Å². The number of carbonyl (C=O) groups excluding carboxylic acids is 2. The molecule has 2 heterocycles.